The Morgan fingerprint density at radius 2 is 1.89 bits per heavy atom. The molecule has 1 aromatic heterocycles. The van der Waals surface area contributed by atoms with Crippen molar-refractivity contribution >= 4 is 5.97 Å². The number of carbonyl (C=O) groups is 1. The summed E-state index contributed by atoms with van der Waals surface area (Å²) in [5.74, 6) is -0.397. The monoisotopic (exact) mass is 254 g/mol. The van der Waals surface area contributed by atoms with E-state index in [-0.39, 0.29) is 0 Å². The lowest BCUT2D eigenvalue weighted by molar-refractivity contribution is -0.140. The van der Waals surface area contributed by atoms with Gasteiger partial charge in [-0.05, 0) is 25.8 Å². The third kappa shape index (κ3) is 1.99. The van der Waals surface area contributed by atoms with E-state index in [0.717, 1.165) is 11.3 Å². The lowest BCUT2D eigenvalue weighted by Crippen LogP contribution is -2.22. The zero-order valence-corrected chi connectivity index (χ0v) is 10.6. The van der Waals surface area contributed by atoms with Gasteiger partial charge in [0.1, 0.15) is 11.2 Å². The van der Waals surface area contributed by atoms with Crippen molar-refractivity contribution in [3.05, 3.63) is 47.9 Å². The zero-order chi connectivity index (χ0) is 13.5. The quantitative estimate of drug-likeness (QED) is 0.914. The van der Waals surface area contributed by atoms with E-state index in [0.29, 0.717) is 18.7 Å². The number of carboxylic acids is 1. The van der Waals surface area contributed by atoms with Crippen LogP contribution in [0.25, 0.3) is 11.3 Å². The fraction of sp³-hybridized carbons (Fsp3) is 0.267. The number of aliphatic carboxylic acids is 1. The van der Waals surface area contributed by atoms with Crippen LogP contribution in [0.3, 0.4) is 0 Å². The maximum absolute atomic E-state index is 11.3. The molecule has 96 valence electrons. The highest BCUT2D eigenvalue weighted by Crippen LogP contribution is 2.46. The second-order valence-corrected chi connectivity index (χ2v) is 5.02. The van der Waals surface area contributed by atoms with Crippen molar-refractivity contribution < 1.29 is 9.90 Å². The molecule has 0 amide bonds. The van der Waals surface area contributed by atoms with Crippen molar-refractivity contribution in [3.63, 3.8) is 0 Å². The van der Waals surface area contributed by atoms with Crippen LogP contribution in [0.4, 0.5) is 0 Å². The molecule has 1 aliphatic rings. The predicted molar refractivity (Wildman–Crippen MR) is 70.8 cm³/mol. The number of carboxylic acid groups (broad SMARTS) is 1. The molecule has 0 spiro atoms. The first-order valence-corrected chi connectivity index (χ1v) is 6.26. The minimum atomic E-state index is -0.847. The van der Waals surface area contributed by atoms with Gasteiger partial charge in [0.2, 0.25) is 0 Å². The van der Waals surface area contributed by atoms with Crippen molar-refractivity contribution in [2.24, 2.45) is 0 Å². The van der Waals surface area contributed by atoms with Crippen LogP contribution in [0.15, 0.2) is 36.5 Å². The molecule has 0 aliphatic heterocycles. The van der Waals surface area contributed by atoms with Gasteiger partial charge < -0.3 is 5.11 Å². The molecular weight excluding hydrogens is 240 g/mol. The molecule has 1 fully saturated rings. The Morgan fingerprint density at radius 3 is 2.47 bits per heavy atom. The Morgan fingerprint density at radius 1 is 1.21 bits per heavy atom. The summed E-state index contributed by atoms with van der Waals surface area (Å²) in [7, 11) is 0. The van der Waals surface area contributed by atoms with Crippen LogP contribution in [-0.2, 0) is 10.2 Å². The SMILES string of the molecule is Cc1ccc(-c2ccnc(C3(C(=O)O)CC3)n2)cc1. The van der Waals surface area contributed by atoms with Crippen molar-refractivity contribution in [1.82, 2.24) is 9.97 Å². The van der Waals surface area contributed by atoms with Crippen molar-refractivity contribution in [2.75, 3.05) is 0 Å². The van der Waals surface area contributed by atoms with Gasteiger partial charge >= 0.3 is 5.97 Å². The lowest BCUT2D eigenvalue weighted by Gasteiger charge is -2.09. The molecule has 1 aromatic carbocycles. The van der Waals surface area contributed by atoms with Gasteiger partial charge in [0.15, 0.2) is 0 Å². The van der Waals surface area contributed by atoms with Gasteiger partial charge in [0.25, 0.3) is 0 Å². The van der Waals surface area contributed by atoms with Crippen molar-refractivity contribution in [2.45, 2.75) is 25.2 Å². The summed E-state index contributed by atoms with van der Waals surface area (Å²) in [5, 5.41) is 9.28. The first-order chi connectivity index (χ1) is 9.12. The van der Waals surface area contributed by atoms with Crippen LogP contribution >= 0.6 is 0 Å². The molecule has 0 saturated heterocycles. The molecule has 0 unspecified atom stereocenters. The fourth-order valence-electron chi connectivity index (χ4n) is 2.13. The van der Waals surface area contributed by atoms with Gasteiger partial charge in [-0.2, -0.15) is 0 Å². The molecular formula is C15H14N2O2. The Hall–Kier alpha value is -2.23. The summed E-state index contributed by atoms with van der Waals surface area (Å²) in [5.41, 5.74) is 2.09. The average Bonchev–Trinajstić information content (AvgIpc) is 3.21. The number of hydrogen-bond donors (Lipinski definition) is 1. The van der Waals surface area contributed by atoms with Crippen LogP contribution < -0.4 is 0 Å². The second kappa shape index (κ2) is 4.16. The minimum Gasteiger partial charge on any atom is -0.480 e. The van der Waals surface area contributed by atoms with Crippen LogP contribution in [0.1, 0.15) is 24.2 Å². The maximum atomic E-state index is 11.3. The summed E-state index contributed by atoms with van der Waals surface area (Å²) in [6.07, 6.45) is 2.89. The van der Waals surface area contributed by atoms with Gasteiger partial charge in [-0.15, -0.1) is 0 Å². The highest BCUT2D eigenvalue weighted by molar-refractivity contribution is 5.83. The van der Waals surface area contributed by atoms with E-state index in [4.69, 9.17) is 0 Å². The van der Waals surface area contributed by atoms with E-state index in [2.05, 4.69) is 9.97 Å². The summed E-state index contributed by atoms with van der Waals surface area (Å²) >= 11 is 0. The first-order valence-electron chi connectivity index (χ1n) is 6.26. The Bertz CT molecular complexity index is 631. The molecule has 3 rings (SSSR count). The molecule has 1 heterocycles. The number of benzene rings is 1. The molecule has 1 saturated carbocycles. The third-order valence-corrected chi connectivity index (χ3v) is 3.59. The third-order valence-electron chi connectivity index (χ3n) is 3.59. The van der Waals surface area contributed by atoms with Gasteiger partial charge in [-0.1, -0.05) is 29.8 Å². The number of rotatable bonds is 3. The lowest BCUT2D eigenvalue weighted by atomic mass is 10.1. The molecule has 19 heavy (non-hydrogen) atoms. The maximum Gasteiger partial charge on any atom is 0.317 e. The number of nitrogens with zero attached hydrogens (tertiary/aromatic N) is 2. The molecule has 2 aromatic rings. The second-order valence-electron chi connectivity index (χ2n) is 5.02. The predicted octanol–water partition coefficient (Wildman–Crippen LogP) is 2.57. The van der Waals surface area contributed by atoms with Crippen LogP contribution in [0.2, 0.25) is 0 Å². The number of hydrogen-bond acceptors (Lipinski definition) is 3. The molecule has 4 nitrogen and oxygen atoms in total. The Balaban J connectivity index is 2.01. The summed E-state index contributed by atoms with van der Waals surface area (Å²) in [6.45, 7) is 2.03. The van der Waals surface area contributed by atoms with Crippen LogP contribution in [0.5, 0.6) is 0 Å². The van der Waals surface area contributed by atoms with Gasteiger partial charge in [-0.25, -0.2) is 9.97 Å². The summed E-state index contributed by atoms with van der Waals surface area (Å²) < 4.78 is 0. The highest BCUT2D eigenvalue weighted by atomic mass is 16.4. The van der Waals surface area contributed by atoms with E-state index in [1.807, 2.05) is 37.3 Å². The Labute approximate surface area is 111 Å². The van der Waals surface area contributed by atoms with E-state index in [1.165, 1.54) is 5.56 Å². The first kappa shape index (κ1) is 11.8. The van der Waals surface area contributed by atoms with E-state index in [9.17, 15) is 9.90 Å². The van der Waals surface area contributed by atoms with Gasteiger partial charge in [0.05, 0.1) is 5.69 Å². The Kier molecular flexibility index (Phi) is 2.59. The summed E-state index contributed by atoms with van der Waals surface area (Å²) in [4.78, 5) is 19.9. The van der Waals surface area contributed by atoms with E-state index < -0.39 is 11.4 Å². The van der Waals surface area contributed by atoms with Crippen LogP contribution in [-0.4, -0.2) is 21.0 Å². The molecule has 0 radical (unpaired) electrons. The van der Waals surface area contributed by atoms with Crippen molar-refractivity contribution in [3.8, 4) is 11.3 Å². The molecule has 0 bridgehead atoms. The standard InChI is InChI=1S/C15H14N2O2/c1-10-2-4-11(5-3-10)12-6-9-16-13(17-12)15(7-8-15)14(18)19/h2-6,9H,7-8H2,1H3,(H,18,19). The van der Waals surface area contributed by atoms with Crippen LogP contribution in [0, 0.1) is 6.92 Å². The number of aromatic nitrogens is 2. The topological polar surface area (TPSA) is 63.1 Å². The van der Waals surface area contributed by atoms with E-state index in [1.54, 1.807) is 6.20 Å². The van der Waals surface area contributed by atoms with Gasteiger partial charge in [-0.3, -0.25) is 4.79 Å². The zero-order valence-electron chi connectivity index (χ0n) is 10.6. The van der Waals surface area contributed by atoms with E-state index >= 15 is 0 Å². The fourth-order valence-corrected chi connectivity index (χ4v) is 2.13. The van der Waals surface area contributed by atoms with Gasteiger partial charge in [0, 0.05) is 11.8 Å². The molecule has 0 atom stereocenters. The number of aryl methyl sites for hydroxylation is 1. The largest absolute Gasteiger partial charge is 0.480 e. The van der Waals surface area contributed by atoms with Crippen molar-refractivity contribution in [1.29, 1.82) is 0 Å². The molecule has 1 N–H and O–H groups in total. The molecule has 4 heteroatoms. The molecule has 1 aliphatic carbocycles. The average molecular weight is 254 g/mol. The minimum absolute atomic E-state index is 0.429. The summed E-state index contributed by atoms with van der Waals surface area (Å²) in [6, 6.07) is 9.82. The highest BCUT2D eigenvalue weighted by Gasteiger charge is 2.54. The smallest absolute Gasteiger partial charge is 0.317 e. The normalized spacial score (nSPS) is 16.1.